The number of aromatic nitrogens is 1. The molecular formula is C20H18ClF6N3O. The van der Waals surface area contributed by atoms with Crippen LogP contribution in [0.2, 0.25) is 5.02 Å². The average Bonchev–Trinajstić information content (AvgIpc) is 2.96. The minimum atomic E-state index is -4.73. The van der Waals surface area contributed by atoms with E-state index in [1.165, 1.54) is 6.20 Å². The van der Waals surface area contributed by atoms with Crippen molar-refractivity contribution in [3.8, 4) is 0 Å². The normalized spacial score (nSPS) is 22.4. The Balaban J connectivity index is 0.000000176. The van der Waals surface area contributed by atoms with Crippen LogP contribution in [0.25, 0.3) is 0 Å². The Morgan fingerprint density at radius 2 is 1.94 bits per heavy atom. The molecule has 1 fully saturated rings. The van der Waals surface area contributed by atoms with Crippen LogP contribution in [-0.4, -0.2) is 28.9 Å². The molecule has 2 aliphatic rings. The highest BCUT2D eigenvalue weighted by molar-refractivity contribution is 6.31. The quantitative estimate of drug-likeness (QED) is 0.425. The number of anilines is 1. The van der Waals surface area contributed by atoms with Crippen molar-refractivity contribution in [1.82, 2.24) is 9.88 Å². The molecule has 0 spiro atoms. The van der Waals surface area contributed by atoms with E-state index in [0.29, 0.717) is 0 Å². The van der Waals surface area contributed by atoms with Crippen LogP contribution in [0.15, 0.2) is 24.4 Å². The summed E-state index contributed by atoms with van der Waals surface area (Å²) in [4.78, 5) is 16.2. The standard InChI is InChI=1S/C11H12F2N2.C9H6ClF4NO/c1-15-7-2-3-8(15)10(12)9-6(7)4-5-14-11(9)13;1-4(16)15-8-3-6(10)5(2-7(8)11)9(12,13)14/h4-5,7-8,10H,2-3H2,1H3;2-3H,1H3,(H,15,16)/t7-,8+,10?;/m0./s1. The molecule has 31 heavy (non-hydrogen) atoms. The third kappa shape index (κ3) is 4.64. The maximum absolute atomic E-state index is 14.1. The maximum atomic E-state index is 14.1. The summed E-state index contributed by atoms with van der Waals surface area (Å²) in [6.45, 7) is 1.10. The third-order valence-electron chi connectivity index (χ3n) is 5.37. The average molecular weight is 466 g/mol. The van der Waals surface area contributed by atoms with E-state index in [9.17, 15) is 31.1 Å². The second-order valence-electron chi connectivity index (χ2n) is 7.32. The molecule has 1 saturated heterocycles. The Kier molecular flexibility index (Phi) is 6.52. The summed E-state index contributed by atoms with van der Waals surface area (Å²) in [6, 6.07) is 2.72. The van der Waals surface area contributed by atoms with Crippen LogP contribution in [0, 0.1) is 11.8 Å². The molecule has 1 unspecified atom stereocenters. The summed E-state index contributed by atoms with van der Waals surface area (Å²) in [5.41, 5.74) is -0.680. The Labute approximate surface area is 179 Å². The van der Waals surface area contributed by atoms with Gasteiger partial charge in [0, 0.05) is 30.8 Å². The lowest BCUT2D eigenvalue weighted by molar-refractivity contribution is -0.137. The third-order valence-corrected chi connectivity index (χ3v) is 5.68. The highest BCUT2D eigenvalue weighted by atomic mass is 35.5. The van der Waals surface area contributed by atoms with Crippen molar-refractivity contribution >= 4 is 23.2 Å². The molecule has 1 amide bonds. The van der Waals surface area contributed by atoms with E-state index < -0.39 is 40.6 Å². The molecule has 0 saturated carbocycles. The number of hydrogen-bond donors (Lipinski definition) is 1. The number of nitrogens with zero attached hydrogens (tertiary/aromatic N) is 2. The van der Waals surface area contributed by atoms with E-state index >= 15 is 0 Å². The fourth-order valence-corrected chi connectivity index (χ4v) is 4.23. The minimum Gasteiger partial charge on any atom is -0.324 e. The lowest BCUT2D eigenvalue weighted by Gasteiger charge is -2.35. The van der Waals surface area contributed by atoms with Gasteiger partial charge in [0.2, 0.25) is 11.9 Å². The summed E-state index contributed by atoms with van der Waals surface area (Å²) in [6.07, 6.45) is -2.81. The number of rotatable bonds is 1. The highest BCUT2D eigenvalue weighted by Crippen LogP contribution is 2.49. The number of pyridine rings is 1. The molecule has 0 radical (unpaired) electrons. The summed E-state index contributed by atoms with van der Waals surface area (Å²) in [5, 5.41) is 1.36. The van der Waals surface area contributed by atoms with Crippen LogP contribution in [0.3, 0.4) is 0 Å². The van der Waals surface area contributed by atoms with Crippen LogP contribution < -0.4 is 5.32 Å². The summed E-state index contributed by atoms with van der Waals surface area (Å²) >= 11 is 5.33. The number of carbonyl (C=O) groups is 1. The molecular weight excluding hydrogens is 448 g/mol. The van der Waals surface area contributed by atoms with Gasteiger partial charge in [-0.25, -0.2) is 13.8 Å². The Morgan fingerprint density at radius 1 is 1.26 bits per heavy atom. The van der Waals surface area contributed by atoms with E-state index in [4.69, 9.17) is 11.6 Å². The van der Waals surface area contributed by atoms with Gasteiger partial charge in [-0.05, 0) is 43.7 Å². The van der Waals surface area contributed by atoms with E-state index in [1.807, 2.05) is 17.3 Å². The number of nitrogens with one attached hydrogen (secondary N) is 1. The van der Waals surface area contributed by atoms with Crippen LogP contribution >= 0.6 is 11.6 Å². The zero-order valence-corrected chi connectivity index (χ0v) is 17.2. The molecule has 4 nitrogen and oxygen atoms in total. The van der Waals surface area contributed by atoms with Gasteiger partial charge < -0.3 is 5.32 Å². The first-order valence-electron chi connectivity index (χ1n) is 9.26. The topological polar surface area (TPSA) is 45.2 Å². The van der Waals surface area contributed by atoms with Crippen molar-refractivity contribution in [3.05, 3.63) is 57.9 Å². The van der Waals surface area contributed by atoms with Gasteiger partial charge in [0.05, 0.1) is 16.3 Å². The predicted octanol–water partition coefficient (Wildman–Crippen LogP) is 5.84. The number of halogens is 7. The molecule has 1 aromatic heterocycles. The zero-order valence-electron chi connectivity index (χ0n) is 16.4. The number of fused-ring (bicyclic) bond motifs is 4. The van der Waals surface area contributed by atoms with Crippen LogP contribution in [0.5, 0.6) is 0 Å². The smallest absolute Gasteiger partial charge is 0.324 e. The first-order valence-corrected chi connectivity index (χ1v) is 9.63. The van der Waals surface area contributed by atoms with E-state index in [1.54, 1.807) is 6.07 Å². The number of alkyl halides is 4. The first kappa shape index (κ1) is 23.3. The number of likely N-dealkylation sites (N-methyl/N-ethyl adjacent to an activating group) is 1. The maximum Gasteiger partial charge on any atom is 0.417 e. The van der Waals surface area contributed by atoms with Crippen molar-refractivity contribution in [1.29, 1.82) is 0 Å². The highest BCUT2D eigenvalue weighted by Gasteiger charge is 2.45. The van der Waals surface area contributed by atoms with E-state index in [-0.39, 0.29) is 29.4 Å². The molecule has 0 aliphatic carbocycles. The number of carbonyl (C=O) groups excluding carboxylic acids is 1. The number of hydrogen-bond acceptors (Lipinski definition) is 3. The van der Waals surface area contributed by atoms with Crippen molar-refractivity contribution in [2.45, 2.75) is 44.2 Å². The van der Waals surface area contributed by atoms with Gasteiger partial charge in [0.25, 0.3) is 0 Å². The molecule has 3 atom stereocenters. The lowest BCUT2D eigenvalue weighted by atomic mass is 9.94. The van der Waals surface area contributed by atoms with Gasteiger partial charge in [-0.2, -0.15) is 17.6 Å². The Hall–Kier alpha value is -2.33. The van der Waals surface area contributed by atoms with Gasteiger partial charge in [0.15, 0.2) is 0 Å². The minimum absolute atomic E-state index is 0.166. The summed E-state index contributed by atoms with van der Waals surface area (Å²) < 4.78 is 77.5. The lowest BCUT2D eigenvalue weighted by Crippen LogP contribution is -2.36. The van der Waals surface area contributed by atoms with Crippen molar-refractivity contribution in [2.75, 3.05) is 12.4 Å². The second-order valence-corrected chi connectivity index (χ2v) is 7.73. The SMILES string of the molecule is CC(=O)Nc1cc(Cl)c(C(F)(F)F)cc1F.CN1[C@@H]2CC[C@H]1c1ccnc(F)c1C2F. The van der Waals surface area contributed by atoms with Crippen LogP contribution in [0.4, 0.5) is 32.0 Å². The molecule has 3 heterocycles. The molecule has 168 valence electrons. The number of amides is 1. The second kappa shape index (κ2) is 8.66. The van der Waals surface area contributed by atoms with Gasteiger partial charge in [-0.1, -0.05) is 11.6 Å². The van der Waals surface area contributed by atoms with Crippen molar-refractivity contribution in [2.24, 2.45) is 0 Å². The van der Waals surface area contributed by atoms with E-state index in [2.05, 4.69) is 4.98 Å². The first-order chi connectivity index (χ1) is 14.4. The molecule has 2 bridgehead atoms. The van der Waals surface area contributed by atoms with Gasteiger partial charge in [0.1, 0.15) is 12.0 Å². The van der Waals surface area contributed by atoms with Gasteiger partial charge in [-0.15, -0.1) is 0 Å². The largest absolute Gasteiger partial charge is 0.417 e. The number of benzene rings is 1. The Morgan fingerprint density at radius 3 is 2.55 bits per heavy atom. The summed E-state index contributed by atoms with van der Waals surface area (Å²) in [5.74, 6) is -2.42. The predicted molar refractivity (Wildman–Crippen MR) is 102 cm³/mol. The molecule has 2 aromatic rings. The van der Waals surface area contributed by atoms with Gasteiger partial charge in [-0.3, -0.25) is 9.69 Å². The molecule has 2 aliphatic heterocycles. The zero-order chi connectivity index (χ0) is 23.1. The fraction of sp³-hybridized carbons (Fsp3) is 0.400. The molecule has 4 rings (SSSR count). The van der Waals surface area contributed by atoms with Crippen LogP contribution in [0.1, 0.15) is 48.7 Å². The van der Waals surface area contributed by atoms with E-state index in [0.717, 1.165) is 31.4 Å². The molecule has 1 N–H and O–H groups in total. The van der Waals surface area contributed by atoms with Gasteiger partial charge >= 0.3 is 6.18 Å². The van der Waals surface area contributed by atoms with Crippen LogP contribution in [-0.2, 0) is 11.0 Å². The Bertz CT molecular complexity index is 1000. The monoisotopic (exact) mass is 465 g/mol. The fourth-order valence-electron chi connectivity index (χ4n) is 3.96. The van der Waals surface area contributed by atoms with Crippen molar-refractivity contribution < 1.29 is 31.1 Å². The molecule has 11 heteroatoms. The summed E-state index contributed by atoms with van der Waals surface area (Å²) in [7, 11) is 1.91. The van der Waals surface area contributed by atoms with Crippen molar-refractivity contribution in [3.63, 3.8) is 0 Å². The molecule has 1 aromatic carbocycles.